The highest BCUT2D eigenvalue weighted by Crippen LogP contribution is 2.06. The monoisotopic (exact) mass is 273 g/mol. The first-order chi connectivity index (χ1) is 7.44. The smallest absolute Gasteiger partial charge is 0.213 e. The van der Waals surface area contributed by atoms with Crippen molar-refractivity contribution in [2.75, 3.05) is 46.8 Å². The molecule has 0 bridgehead atoms. The molecule has 0 fully saturated rings. The van der Waals surface area contributed by atoms with Crippen molar-refractivity contribution in [3.8, 4) is 0 Å². The van der Waals surface area contributed by atoms with Gasteiger partial charge in [0.1, 0.15) is 0 Å². The van der Waals surface area contributed by atoms with Crippen molar-refractivity contribution in [1.29, 1.82) is 0 Å². The topological polar surface area (TPSA) is 55.8 Å². The molecule has 0 aromatic heterocycles. The summed E-state index contributed by atoms with van der Waals surface area (Å²) in [5.41, 5.74) is 0. The van der Waals surface area contributed by atoms with Gasteiger partial charge in [-0.2, -0.15) is 0 Å². The molecule has 0 aliphatic carbocycles. The number of nitrogens with zero attached hydrogens (tertiary/aromatic N) is 1. The Balaban J connectivity index is 4.08. The van der Waals surface area contributed by atoms with E-state index in [2.05, 4.69) is 0 Å². The molecule has 0 spiro atoms. The van der Waals surface area contributed by atoms with Crippen LogP contribution in [-0.4, -0.2) is 64.9 Å². The fourth-order valence-corrected chi connectivity index (χ4v) is 2.78. The molecule has 0 N–H and O–H groups in total. The normalized spacial score (nSPS) is 14.3. The third-order valence-corrected chi connectivity index (χ3v) is 4.20. The van der Waals surface area contributed by atoms with Crippen LogP contribution in [0.5, 0.6) is 0 Å². The average molecular weight is 274 g/mol. The minimum absolute atomic E-state index is 0.0773. The molecule has 1 atom stereocenters. The summed E-state index contributed by atoms with van der Waals surface area (Å²) in [5, 5.41) is -0.327. The number of hydrogen-bond donors (Lipinski definition) is 0. The molecule has 0 saturated carbocycles. The molecular weight excluding hydrogens is 254 g/mol. The van der Waals surface area contributed by atoms with E-state index in [1.165, 1.54) is 18.5 Å². The van der Waals surface area contributed by atoms with Gasteiger partial charge in [-0.3, -0.25) is 0 Å². The highest BCUT2D eigenvalue weighted by molar-refractivity contribution is 7.89. The second kappa shape index (κ2) is 8.25. The van der Waals surface area contributed by atoms with Gasteiger partial charge >= 0.3 is 0 Å². The van der Waals surface area contributed by atoms with Crippen LogP contribution in [0.2, 0.25) is 0 Å². The fourth-order valence-electron chi connectivity index (χ4n) is 1.17. The molecule has 0 aromatic rings. The zero-order valence-corrected chi connectivity index (χ0v) is 11.6. The summed E-state index contributed by atoms with van der Waals surface area (Å²) in [7, 11) is 1.36. The van der Waals surface area contributed by atoms with Crippen molar-refractivity contribution in [1.82, 2.24) is 4.31 Å². The van der Waals surface area contributed by atoms with E-state index in [9.17, 15) is 8.42 Å². The van der Waals surface area contributed by atoms with E-state index >= 15 is 0 Å². The van der Waals surface area contributed by atoms with Crippen molar-refractivity contribution >= 4 is 21.6 Å². The number of hydrogen-bond acceptors (Lipinski definition) is 4. The summed E-state index contributed by atoms with van der Waals surface area (Å²) in [5.74, 6) is 0.0773. The fraction of sp³-hybridized carbons (Fsp3) is 1.00. The molecular formula is C9H20ClNO4S. The van der Waals surface area contributed by atoms with Crippen molar-refractivity contribution in [2.24, 2.45) is 0 Å². The highest BCUT2D eigenvalue weighted by atomic mass is 35.5. The molecule has 1 unspecified atom stereocenters. The second-order valence-corrected chi connectivity index (χ2v) is 6.31. The summed E-state index contributed by atoms with van der Waals surface area (Å²) < 4.78 is 34.3. The van der Waals surface area contributed by atoms with Gasteiger partial charge in [0.2, 0.25) is 10.0 Å². The second-order valence-electron chi connectivity index (χ2n) is 3.50. The maximum atomic E-state index is 11.7. The van der Waals surface area contributed by atoms with Crippen LogP contribution in [0.1, 0.15) is 6.42 Å². The van der Waals surface area contributed by atoms with Gasteiger partial charge in [-0.25, -0.2) is 12.7 Å². The minimum Gasteiger partial charge on any atom is -0.385 e. The Hall–Kier alpha value is 0.120. The van der Waals surface area contributed by atoms with Crippen LogP contribution in [0.25, 0.3) is 0 Å². The van der Waals surface area contributed by atoms with Crippen LogP contribution >= 0.6 is 11.6 Å². The number of methoxy groups -OCH3 is 2. The number of sulfonamides is 1. The van der Waals surface area contributed by atoms with Gasteiger partial charge in [-0.15, -0.1) is 11.6 Å². The zero-order chi connectivity index (χ0) is 12.6. The largest absolute Gasteiger partial charge is 0.385 e. The third-order valence-electron chi connectivity index (χ3n) is 2.03. The van der Waals surface area contributed by atoms with Crippen LogP contribution in [0.15, 0.2) is 0 Å². The van der Waals surface area contributed by atoms with E-state index in [1.807, 2.05) is 0 Å². The Morgan fingerprint density at radius 1 is 1.31 bits per heavy atom. The van der Waals surface area contributed by atoms with Gasteiger partial charge in [0.25, 0.3) is 0 Å². The van der Waals surface area contributed by atoms with Gasteiger partial charge in [0, 0.05) is 34.4 Å². The van der Waals surface area contributed by atoms with E-state index in [4.69, 9.17) is 21.1 Å². The first kappa shape index (κ1) is 16.1. The number of halogens is 1. The molecule has 16 heavy (non-hydrogen) atoms. The van der Waals surface area contributed by atoms with Gasteiger partial charge < -0.3 is 9.47 Å². The average Bonchev–Trinajstić information content (AvgIpc) is 2.18. The minimum atomic E-state index is -3.23. The molecule has 0 saturated heterocycles. The Morgan fingerprint density at radius 2 is 1.94 bits per heavy atom. The van der Waals surface area contributed by atoms with Gasteiger partial charge in [-0.05, 0) is 6.42 Å². The number of ether oxygens (including phenoxy) is 2. The number of alkyl halides is 1. The van der Waals surface area contributed by atoms with Crippen LogP contribution in [0.3, 0.4) is 0 Å². The molecule has 5 nitrogen and oxygen atoms in total. The van der Waals surface area contributed by atoms with E-state index < -0.39 is 10.0 Å². The molecule has 0 aliphatic rings. The lowest BCUT2D eigenvalue weighted by atomic mass is 10.4. The van der Waals surface area contributed by atoms with Crippen LogP contribution in [0, 0.1) is 0 Å². The molecule has 0 amide bonds. The van der Waals surface area contributed by atoms with Crippen molar-refractivity contribution in [3.63, 3.8) is 0 Å². The highest BCUT2D eigenvalue weighted by Gasteiger charge is 2.20. The van der Waals surface area contributed by atoms with Gasteiger partial charge in [-0.1, -0.05) is 0 Å². The van der Waals surface area contributed by atoms with E-state index in [0.29, 0.717) is 19.6 Å². The lowest BCUT2D eigenvalue weighted by molar-refractivity contribution is 0.191. The summed E-state index contributed by atoms with van der Waals surface area (Å²) >= 11 is 5.89. The van der Waals surface area contributed by atoms with Crippen LogP contribution in [0.4, 0.5) is 0 Å². The van der Waals surface area contributed by atoms with Gasteiger partial charge in [0.05, 0.1) is 17.7 Å². The zero-order valence-electron chi connectivity index (χ0n) is 9.98. The summed E-state index contributed by atoms with van der Waals surface area (Å²) in [4.78, 5) is 0. The standard InChI is InChI=1S/C9H20ClNO4S/c1-11(7-9(10)8-15-3)16(12,13)6-4-5-14-2/h9H,4-8H2,1-3H3. The van der Waals surface area contributed by atoms with Crippen molar-refractivity contribution < 1.29 is 17.9 Å². The lowest BCUT2D eigenvalue weighted by Gasteiger charge is -2.19. The first-order valence-electron chi connectivity index (χ1n) is 5.00. The molecule has 0 aromatic carbocycles. The maximum Gasteiger partial charge on any atom is 0.213 e. The first-order valence-corrected chi connectivity index (χ1v) is 7.04. The van der Waals surface area contributed by atoms with Crippen LogP contribution < -0.4 is 0 Å². The summed E-state index contributed by atoms with van der Waals surface area (Å²) in [6.07, 6.45) is 0.487. The maximum absolute atomic E-state index is 11.7. The van der Waals surface area contributed by atoms with E-state index in [0.717, 1.165) is 0 Å². The quantitative estimate of drug-likeness (QED) is 0.454. The SMILES string of the molecule is COCCCS(=O)(=O)N(C)CC(Cl)COC. The number of rotatable bonds is 9. The van der Waals surface area contributed by atoms with E-state index in [1.54, 1.807) is 7.11 Å². The Morgan fingerprint density at radius 3 is 2.44 bits per heavy atom. The summed E-state index contributed by atoms with van der Waals surface area (Å²) in [6, 6.07) is 0. The predicted octanol–water partition coefficient (Wildman–Crippen LogP) is 0.538. The Kier molecular flexibility index (Phi) is 8.31. The van der Waals surface area contributed by atoms with Crippen LogP contribution in [-0.2, 0) is 19.5 Å². The molecule has 7 heteroatoms. The Labute approximate surface area is 103 Å². The van der Waals surface area contributed by atoms with Gasteiger partial charge in [0.15, 0.2) is 0 Å². The molecule has 98 valence electrons. The molecule has 0 heterocycles. The Bertz CT molecular complexity index is 271. The third kappa shape index (κ3) is 6.65. The molecule has 0 aliphatic heterocycles. The van der Waals surface area contributed by atoms with E-state index in [-0.39, 0.29) is 17.7 Å². The molecule has 0 radical (unpaired) electrons. The van der Waals surface area contributed by atoms with Crippen molar-refractivity contribution in [3.05, 3.63) is 0 Å². The van der Waals surface area contributed by atoms with Crippen molar-refractivity contribution in [2.45, 2.75) is 11.8 Å². The lowest BCUT2D eigenvalue weighted by Crippen LogP contribution is -2.35. The summed E-state index contributed by atoms with van der Waals surface area (Å²) in [6.45, 7) is 1.03. The molecule has 0 rings (SSSR count). The predicted molar refractivity (Wildman–Crippen MR) is 64.4 cm³/mol.